The summed E-state index contributed by atoms with van der Waals surface area (Å²) in [7, 11) is 0. The molecule has 0 amide bonds. The lowest BCUT2D eigenvalue weighted by Gasteiger charge is -2.25. The van der Waals surface area contributed by atoms with Crippen LogP contribution in [0.2, 0.25) is 0 Å². The Balaban J connectivity index is 2.77. The van der Waals surface area contributed by atoms with Gasteiger partial charge >= 0.3 is 0 Å². The third-order valence-electron chi connectivity index (χ3n) is 1.93. The molecule has 0 saturated carbocycles. The standard InChI is InChI=1S/C4H9N7O6/c12-9(13)6-1-5-2-7(10(14)15)4-8(3-6)11(16)17/h5H,1-4H2. The third-order valence-corrected chi connectivity index (χ3v) is 1.93. The molecule has 0 aromatic heterocycles. The van der Waals surface area contributed by atoms with Gasteiger partial charge in [0.1, 0.15) is 13.3 Å². The quantitative estimate of drug-likeness (QED) is 0.436. The van der Waals surface area contributed by atoms with Gasteiger partial charge in [-0.3, -0.25) is 5.32 Å². The second kappa shape index (κ2) is 5.06. The van der Waals surface area contributed by atoms with Crippen molar-refractivity contribution in [2.24, 2.45) is 0 Å². The number of hydrazine groups is 3. The summed E-state index contributed by atoms with van der Waals surface area (Å²) < 4.78 is 0. The summed E-state index contributed by atoms with van der Waals surface area (Å²) in [6.45, 7) is -1.97. The zero-order valence-corrected chi connectivity index (χ0v) is 8.46. The van der Waals surface area contributed by atoms with Gasteiger partial charge in [0, 0.05) is 0 Å². The number of nitrogens with zero attached hydrogens (tertiary/aromatic N) is 6. The SMILES string of the molecule is O=[N+]([O-])N1CNCN([N+](=O)[O-])CN([N+](=O)[O-])C1. The van der Waals surface area contributed by atoms with E-state index < -0.39 is 28.4 Å². The van der Waals surface area contributed by atoms with Gasteiger partial charge in [-0.2, -0.15) is 0 Å². The van der Waals surface area contributed by atoms with Gasteiger partial charge in [-0.05, 0) is 0 Å². The largest absolute Gasteiger partial charge is 0.273 e. The predicted octanol–water partition coefficient (Wildman–Crippen LogP) is -2.10. The van der Waals surface area contributed by atoms with Gasteiger partial charge in [0.25, 0.3) is 0 Å². The van der Waals surface area contributed by atoms with E-state index in [-0.39, 0.29) is 13.3 Å². The molecular weight excluding hydrogens is 242 g/mol. The highest BCUT2D eigenvalue weighted by Crippen LogP contribution is 2.01. The van der Waals surface area contributed by atoms with Crippen molar-refractivity contribution in [3.05, 3.63) is 30.3 Å². The molecule has 1 saturated heterocycles. The molecule has 1 aliphatic rings. The Morgan fingerprint density at radius 2 is 1.12 bits per heavy atom. The number of hydrogen-bond donors (Lipinski definition) is 1. The molecule has 0 aromatic rings. The van der Waals surface area contributed by atoms with Crippen LogP contribution in [0.1, 0.15) is 0 Å². The highest BCUT2D eigenvalue weighted by Gasteiger charge is 2.32. The Labute approximate surface area is 93.5 Å². The molecule has 0 spiro atoms. The van der Waals surface area contributed by atoms with Gasteiger partial charge in [0.15, 0.2) is 15.1 Å². The summed E-state index contributed by atoms with van der Waals surface area (Å²) in [6.07, 6.45) is 0. The maximum absolute atomic E-state index is 10.6. The van der Waals surface area contributed by atoms with Crippen LogP contribution in [0.25, 0.3) is 0 Å². The monoisotopic (exact) mass is 251 g/mol. The van der Waals surface area contributed by atoms with E-state index in [0.29, 0.717) is 15.0 Å². The van der Waals surface area contributed by atoms with Gasteiger partial charge in [-0.1, -0.05) is 15.0 Å². The predicted molar refractivity (Wildman–Crippen MR) is 49.1 cm³/mol. The lowest BCUT2D eigenvalue weighted by Crippen LogP contribution is -2.57. The Kier molecular flexibility index (Phi) is 3.76. The minimum atomic E-state index is -0.918. The molecule has 1 fully saturated rings. The van der Waals surface area contributed by atoms with Crippen molar-refractivity contribution in [2.75, 3.05) is 26.7 Å². The molecule has 1 aliphatic heterocycles. The number of nitro groups is 3. The van der Waals surface area contributed by atoms with E-state index >= 15 is 0 Å². The lowest BCUT2D eigenvalue weighted by atomic mass is 10.7. The maximum atomic E-state index is 10.6. The second-order valence-corrected chi connectivity index (χ2v) is 3.08. The first-order valence-electron chi connectivity index (χ1n) is 4.30. The summed E-state index contributed by atoms with van der Waals surface area (Å²) in [5, 5.41) is 32.9. The van der Waals surface area contributed by atoms with E-state index in [1.165, 1.54) is 0 Å². The first-order valence-corrected chi connectivity index (χ1v) is 4.30. The average molecular weight is 251 g/mol. The smallest absolute Gasteiger partial charge is 0.211 e. The van der Waals surface area contributed by atoms with Crippen molar-refractivity contribution in [3.8, 4) is 0 Å². The van der Waals surface area contributed by atoms with E-state index in [2.05, 4.69) is 5.32 Å². The molecule has 0 atom stereocenters. The fourth-order valence-electron chi connectivity index (χ4n) is 1.15. The van der Waals surface area contributed by atoms with Gasteiger partial charge in [-0.15, -0.1) is 0 Å². The molecule has 13 heteroatoms. The Bertz CT molecular complexity index is 310. The van der Waals surface area contributed by atoms with Gasteiger partial charge < -0.3 is 0 Å². The topological polar surface area (TPSA) is 151 Å². The van der Waals surface area contributed by atoms with Crippen molar-refractivity contribution >= 4 is 0 Å². The second-order valence-electron chi connectivity index (χ2n) is 3.08. The molecule has 0 radical (unpaired) electrons. The number of rotatable bonds is 3. The maximum Gasteiger partial charge on any atom is 0.211 e. The van der Waals surface area contributed by atoms with E-state index in [4.69, 9.17) is 0 Å². The van der Waals surface area contributed by atoms with Crippen LogP contribution in [0.5, 0.6) is 0 Å². The van der Waals surface area contributed by atoms with Crippen LogP contribution in [-0.2, 0) is 0 Å². The summed E-state index contributed by atoms with van der Waals surface area (Å²) in [6, 6.07) is 0. The van der Waals surface area contributed by atoms with Crippen LogP contribution < -0.4 is 5.32 Å². The van der Waals surface area contributed by atoms with Crippen molar-refractivity contribution in [1.29, 1.82) is 0 Å². The van der Waals surface area contributed by atoms with E-state index in [1.54, 1.807) is 0 Å². The minimum Gasteiger partial charge on any atom is -0.273 e. The van der Waals surface area contributed by atoms with E-state index in [1.807, 2.05) is 0 Å². The summed E-state index contributed by atoms with van der Waals surface area (Å²) >= 11 is 0. The first-order chi connectivity index (χ1) is 7.91. The highest BCUT2D eigenvalue weighted by molar-refractivity contribution is 4.50. The van der Waals surface area contributed by atoms with Gasteiger partial charge in [0.2, 0.25) is 13.3 Å². The molecule has 0 unspecified atom stereocenters. The Morgan fingerprint density at radius 1 is 0.765 bits per heavy atom. The van der Waals surface area contributed by atoms with Crippen molar-refractivity contribution in [3.63, 3.8) is 0 Å². The van der Waals surface area contributed by atoms with E-state index in [0.717, 1.165) is 0 Å². The minimum absolute atomic E-state index is 0.332. The van der Waals surface area contributed by atoms with Crippen LogP contribution in [0.4, 0.5) is 0 Å². The fourth-order valence-corrected chi connectivity index (χ4v) is 1.15. The molecule has 0 aliphatic carbocycles. The Morgan fingerprint density at radius 3 is 1.41 bits per heavy atom. The first kappa shape index (κ1) is 12.6. The fraction of sp³-hybridized carbons (Fsp3) is 1.00. The van der Waals surface area contributed by atoms with Gasteiger partial charge in [-0.25, -0.2) is 30.3 Å². The van der Waals surface area contributed by atoms with Gasteiger partial charge in [0.05, 0.1) is 0 Å². The van der Waals surface area contributed by atoms with Crippen LogP contribution in [-0.4, -0.2) is 56.8 Å². The van der Waals surface area contributed by atoms with Crippen molar-refractivity contribution in [2.45, 2.75) is 0 Å². The van der Waals surface area contributed by atoms with Crippen LogP contribution in [0.3, 0.4) is 0 Å². The molecule has 1 rings (SSSR count). The number of nitrogens with one attached hydrogen (secondary N) is 1. The molecule has 96 valence electrons. The van der Waals surface area contributed by atoms with E-state index in [9.17, 15) is 30.3 Å². The van der Waals surface area contributed by atoms with Crippen LogP contribution in [0, 0.1) is 30.3 Å². The molecule has 0 aromatic carbocycles. The van der Waals surface area contributed by atoms with Crippen molar-refractivity contribution < 1.29 is 15.1 Å². The summed E-state index contributed by atoms with van der Waals surface area (Å²) in [5.41, 5.74) is 0. The molecule has 0 bridgehead atoms. The van der Waals surface area contributed by atoms with Crippen molar-refractivity contribution in [1.82, 2.24) is 20.3 Å². The molecule has 13 nitrogen and oxygen atoms in total. The lowest BCUT2D eigenvalue weighted by molar-refractivity contribution is -0.741. The zero-order valence-electron chi connectivity index (χ0n) is 8.46. The number of hydrogen-bond acceptors (Lipinski definition) is 7. The summed E-state index contributed by atoms with van der Waals surface area (Å²) in [4.78, 5) is 31.6. The average Bonchev–Trinajstić information content (AvgIpc) is 2.15. The molecular formula is C4H9N7O6. The molecule has 1 heterocycles. The van der Waals surface area contributed by atoms with Crippen LogP contribution >= 0.6 is 0 Å². The van der Waals surface area contributed by atoms with Crippen LogP contribution in [0.15, 0.2) is 0 Å². The normalized spacial score (nSPS) is 17.3. The highest BCUT2D eigenvalue weighted by atomic mass is 16.7. The molecule has 17 heavy (non-hydrogen) atoms. The third kappa shape index (κ3) is 3.26. The Hall–Kier alpha value is -2.44. The zero-order chi connectivity index (χ0) is 13.0. The molecule has 1 N–H and O–H groups in total. The summed E-state index contributed by atoms with van der Waals surface area (Å²) in [5.74, 6) is 0.